The van der Waals surface area contributed by atoms with Crippen molar-refractivity contribution < 1.29 is 13.9 Å². The number of nitrogens with two attached hydrogens (primary N) is 2. The van der Waals surface area contributed by atoms with Gasteiger partial charge in [-0.1, -0.05) is 44.2 Å². The molecule has 4 unspecified atom stereocenters. The van der Waals surface area contributed by atoms with Gasteiger partial charge in [0.25, 0.3) is 0 Å². The number of hydrogen-bond acceptors (Lipinski definition) is 5. The molecule has 0 bridgehead atoms. The second kappa shape index (κ2) is 14.8. The monoisotopic (exact) mass is 631 g/mol. The molecule has 5 N–H and O–H groups in total. The summed E-state index contributed by atoms with van der Waals surface area (Å²) >= 11 is 0. The zero-order chi connectivity index (χ0) is 32.1. The third kappa shape index (κ3) is 7.13. The van der Waals surface area contributed by atoms with E-state index in [1.54, 1.807) is 12.1 Å². The number of benzene rings is 2. The molecule has 8 heteroatoms. The van der Waals surface area contributed by atoms with E-state index in [0.717, 1.165) is 63.6 Å². The van der Waals surface area contributed by atoms with Crippen molar-refractivity contribution in [1.82, 2.24) is 9.80 Å². The molecule has 0 spiro atoms. The summed E-state index contributed by atoms with van der Waals surface area (Å²) in [5.41, 5.74) is 13.2. The Morgan fingerprint density at radius 1 is 0.870 bits per heavy atom. The van der Waals surface area contributed by atoms with E-state index in [1.807, 2.05) is 12.1 Å². The van der Waals surface area contributed by atoms with E-state index in [1.165, 1.54) is 57.1 Å². The Balaban J connectivity index is 1.31. The predicted octanol–water partition coefficient (Wildman–Crippen LogP) is 7.23. The molecule has 7 nitrogen and oxygen atoms in total. The molecule has 4 atom stereocenters. The average molecular weight is 632 g/mol. The molecule has 250 valence electrons. The molecule has 2 aromatic carbocycles. The molecule has 1 amide bonds. The molecule has 2 saturated heterocycles. The fourth-order valence-corrected chi connectivity index (χ4v) is 9.51. The topological polar surface area (TPSA) is 109 Å². The average Bonchev–Trinajstić information content (AvgIpc) is 3.37. The number of halogens is 1. The van der Waals surface area contributed by atoms with Crippen molar-refractivity contribution in [2.75, 3.05) is 19.6 Å². The Morgan fingerprint density at radius 3 is 2.13 bits per heavy atom. The predicted molar refractivity (Wildman–Crippen MR) is 181 cm³/mol. The van der Waals surface area contributed by atoms with Crippen LogP contribution in [-0.2, 0) is 11.3 Å². The van der Waals surface area contributed by atoms with Crippen molar-refractivity contribution in [3.05, 3.63) is 59.9 Å². The first-order valence-electron chi connectivity index (χ1n) is 18.0. The van der Waals surface area contributed by atoms with Gasteiger partial charge in [0.15, 0.2) is 0 Å². The van der Waals surface area contributed by atoms with Crippen molar-refractivity contribution in [2.45, 2.75) is 108 Å². The number of likely N-dealkylation sites (tertiary alicyclic amines) is 2. The molecule has 2 saturated carbocycles. The van der Waals surface area contributed by atoms with E-state index in [2.05, 4.69) is 21.9 Å². The summed E-state index contributed by atoms with van der Waals surface area (Å²) in [5.74, 6) is 3.21. The van der Waals surface area contributed by atoms with Crippen LogP contribution in [0.3, 0.4) is 0 Å². The van der Waals surface area contributed by atoms with Crippen LogP contribution in [0.4, 0.5) is 4.39 Å². The summed E-state index contributed by atoms with van der Waals surface area (Å²) in [6.07, 6.45) is 15.6. The lowest BCUT2D eigenvalue weighted by Crippen LogP contribution is -2.60. The van der Waals surface area contributed by atoms with Crippen LogP contribution in [0.15, 0.2) is 48.5 Å². The number of carbonyl (C=O) groups excluding carboxylic acids is 1. The second-order valence-electron chi connectivity index (χ2n) is 14.6. The number of carbonyl (C=O) groups is 1. The lowest BCUT2D eigenvalue weighted by Gasteiger charge is -2.54. The summed E-state index contributed by atoms with van der Waals surface area (Å²) in [6, 6.07) is 14.1. The number of amides is 1. The van der Waals surface area contributed by atoms with Crippen molar-refractivity contribution in [1.29, 1.82) is 5.41 Å². The Labute approximate surface area is 274 Å². The van der Waals surface area contributed by atoms with E-state index in [9.17, 15) is 9.18 Å². The molecule has 4 fully saturated rings. The molecule has 46 heavy (non-hydrogen) atoms. The lowest BCUT2D eigenvalue weighted by molar-refractivity contribution is -0.140. The summed E-state index contributed by atoms with van der Waals surface area (Å²) < 4.78 is 19.4. The number of nitrogens with zero attached hydrogens (tertiary/aromatic N) is 2. The maximum Gasteiger partial charge on any atom is 0.239 e. The van der Waals surface area contributed by atoms with Crippen LogP contribution in [-0.4, -0.2) is 52.8 Å². The minimum atomic E-state index is -0.288. The zero-order valence-corrected chi connectivity index (χ0v) is 27.5. The van der Waals surface area contributed by atoms with Crippen LogP contribution in [0.1, 0.15) is 95.5 Å². The minimum Gasteiger partial charge on any atom is -0.457 e. The standard InChI is InChI=1S/C38H54FN5O2/c39-32-12-16-34(17-13-32)46-33-14-8-28(9-15-33)26-44-35(37(45)43-22-19-27(18-21-40)20-23-43)24-31-11-10-29(36(41)42)25-38(31,44)30-6-4-2-1-3-5-7-30/h8-9,12-17,27,29-31,35H,1-7,10-11,18-26,40H2,(H3,41,42). The lowest BCUT2D eigenvalue weighted by atomic mass is 9.60. The van der Waals surface area contributed by atoms with Gasteiger partial charge in [0.1, 0.15) is 17.3 Å². The first kappa shape index (κ1) is 33.0. The van der Waals surface area contributed by atoms with Crippen LogP contribution >= 0.6 is 0 Å². The molecule has 2 aliphatic heterocycles. The van der Waals surface area contributed by atoms with Gasteiger partial charge < -0.3 is 21.1 Å². The third-order valence-electron chi connectivity index (χ3n) is 11.9. The highest BCUT2D eigenvalue weighted by atomic mass is 19.1. The Morgan fingerprint density at radius 2 is 1.50 bits per heavy atom. The van der Waals surface area contributed by atoms with Crippen molar-refractivity contribution >= 4 is 11.7 Å². The number of rotatable bonds is 9. The highest BCUT2D eigenvalue weighted by Crippen LogP contribution is 2.57. The van der Waals surface area contributed by atoms with Crippen LogP contribution in [0.5, 0.6) is 11.5 Å². The van der Waals surface area contributed by atoms with Crippen LogP contribution in [0.2, 0.25) is 0 Å². The summed E-state index contributed by atoms with van der Waals surface area (Å²) in [7, 11) is 0. The smallest absolute Gasteiger partial charge is 0.239 e. The van der Waals surface area contributed by atoms with Crippen LogP contribution < -0.4 is 16.2 Å². The zero-order valence-electron chi connectivity index (χ0n) is 27.5. The number of fused-ring (bicyclic) bond motifs is 1. The number of hydrogen-bond donors (Lipinski definition) is 3. The second-order valence-corrected chi connectivity index (χ2v) is 14.6. The minimum absolute atomic E-state index is 0.0662. The van der Waals surface area contributed by atoms with Crippen LogP contribution in [0.25, 0.3) is 0 Å². The Bertz CT molecular complexity index is 1300. The fraction of sp³-hybridized carbons (Fsp3) is 0.632. The maximum atomic E-state index is 14.6. The number of piperidine rings is 1. The van der Waals surface area contributed by atoms with Gasteiger partial charge in [0.05, 0.1) is 11.9 Å². The van der Waals surface area contributed by atoms with Gasteiger partial charge in [0, 0.05) is 31.1 Å². The first-order valence-corrected chi connectivity index (χ1v) is 18.0. The summed E-state index contributed by atoms with van der Waals surface area (Å²) in [5, 5.41) is 8.52. The SMILES string of the molecule is N=C(N)C1CCC2CC(C(=O)N3CCC(CCN)CC3)N(Cc3ccc(Oc4ccc(F)cc4)cc3)C2(C2CCCCCCC2)C1. The van der Waals surface area contributed by atoms with Crippen molar-refractivity contribution in [3.63, 3.8) is 0 Å². The number of ether oxygens (including phenoxy) is 1. The van der Waals surface area contributed by atoms with E-state index >= 15 is 0 Å². The van der Waals surface area contributed by atoms with Crippen molar-refractivity contribution in [3.8, 4) is 11.5 Å². The normalized spacial score (nSPS) is 28.3. The van der Waals surface area contributed by atoms with E-state index in [4.69, 9.17) is 21.6 Å². The highest BCUT2D eigenvalue weighted by Gasteiger charge is 2.60. The van der Waals surface area contributed by atoms with E-state index in [0.29, 0.717) is 54.1 Å². The third-order valence-corrected chi connectivity index (χ3v) is 11.9. The van der Waals surface area contributed by atoms with E-state index in [-0.39, 0.29) is 23.3 Å². The molecule has 2 heterocycles. The summed E-state index contributed by atoms with van der Waals surface area (Å²) in [4.78, 5) is 19.4. The first-order chi connectivity index (χ1) is 22.4. The van der Waals surface area contributed by atoms with Gasteiger partial charge in [-0.25, -0.2) is 4.39 Å². The summed E-state index contributed by atoms with van der Waals surface area (Å²) in [6.45, 7) is 3.04. The van der Waals surface area contributed by atoms with E-state index < -0.39 is 0 Å². The quantitative estimate of drug-likeness (QED) is 0.200. The molecular weight excluding hydrogens is 577 g/mol. The van der Waals surface area contributed by atoms with Crippen molar-refractivity contribution in [2.24, 2.45) is 35.1 Å². The largest absolute Gasteiger partial charge is 0.457 e. The van der Waals surface area contributed by atoms with Gasteiger partial charge in [0.2, 0.25) is 5.91 Å². The Hall–Kier alpha value is -2.97. The van der Waals surface area contributed by atoms with Gasteiger partial charge in [-0.15, -0.1) is 0 Å². The maximum absolute atomic E-state index is 14.6. The van der Waals surface area contributed by atoms with Gasteiger partial charge in [-0.3, -0.25) is 15.1 Å². The Kier molecular flexibility index (Phi) is 10.6. The molecule has 4 aliphatic rings. The number of amidine groups is 1. The molecular formula is C38H54FN5O2. The number of nitrogens with one attached hydrogen (secondary N) is 1. The van der Waals surface area contributed by atoms with Gasteiger partial charge >= 0.3 is 0 Å². The fourth-order valence-electron chi connectivity index (χ4n) is 9.51. The van der Waals surface area contributed by atoms with Gasteiger partial charge in [-0.05, 0) is 124 Å². The molecule has 2 aliphatic carbocycles. The molecule has 2 aromatic rings. The molecule has 6 rings (SSSR count). The molecule has 0 aromatic heterocycles. The molecule has 0 radical (unpaired) electrons. The highest BCUT2D eigenvalue weighted by molar-refractivity contribution is 5.83. The van der Waals surface area contributed by atoms with Crippen LogP contribution in [0, 0.1) is 34.9 Å². The van der Waals surface area contributed by atoms with Gasteiger partial charge in [-0.2, -0.15) is 0 Å².